The first-order valence-corrected chi connectivity index (χ1v) is 11.6. The highest BCUT2D eigenvalue weighted by Gasteiger charge is 2.20. The fraction of sp³-hybridized carbons (Fsp3) is 0.348. The Morgan fingerprint density at radius 3 is 2.62 bits per heavy atom. The zero-order valence-electron chi connectivity index (χ0n) is 19.1. The van der Waals surface area contributed by atoms with Gasteiger partial charge in [0, 0.05) is 67.1 Å². The number of hydrogen-bond acceptors (Lipinski definition) is 8. The number of piperazine rings is 1. The number of benzene rings is 1. The average molecular weight is 483 g/mol. The number of fused-ring (bicyclic) bond motifs is 1. The highest BCUT2D eigenvalue weighted by molar-refractivity contribution is 6.37. The van der Waals surface area contributed by atoms with Crippen LogP contribution in [0, 0.1) is 13.8 Å². The molecule has 0 spiro atoms. The van der Waals surface area contributed by atoms with Gasteiger partial charge in [0.1, 0.15) is 17.4 Å². The van der Waals surface area contributed by atoms with Crippen molar-refractivity contribution in [2.75, 3.05) is 49.5 Å². The molecule has 0 bridgehead atoms. The number of β-amino-alcohol motifs (C(OH)–C–C–N with tert-alkyl or cyclic N) is 1. The number of nitrogens with one attached hydrogen (secondary N) is 3. The summed E-state index contributed by atoms with van der Waals surface area (Å²) in [6, 6.07) is 9.71. The lowest BCUT2D eigenvalue weighted by Crippen LogP contribution is -2.47. The van der Waals surface area contributed by atoms with Gasteiger partial charge in [-0.15, -0.1) is 0 Å². The number of halogens is 1. The van der Waals surface area contributed by atoms with Gasteiger partial charge in [-0.25, -0.2) is 0 Å². The number of hydrogen-bond donors (Lipinski definition) is 4. The third-order valence-electron chi connectivity index (χ3n) is 5.80. The second-order valence-corrected chi connectivity index (χ2v) is 8.78. The molecular weight excluding hydrogens is 456 g/mol. The van der Waals surface area contributed by atoms with E-state index in [1.165, 1.54) is 0 Å². The topological polar surface area (TPSA) is 118 Å². The average Bonchev–Trinajstić information content (AvgIpc) is 3.41. The minimum atomic E-state index is 0.161. The van der Waals surface area contributed by atoms with E-state index >= 15 is 0 Å². The maximum absolute atomic E-state index is 9.22. The quantitative estimate of drug-likeness (QED) is 0.315. The minimum absolute atomic E-state index is 0.161. The van der Waals surface area contributed by atoms with Gasteiger partial charge in [0.15, 0.2) is 5.82 Å². The Kier molecular flexibility index (Phi) is 6.27. The summed E-state index contributed by atoms with van der Waals surface area (Å²) in [6.07, 6.45) is 0. The van der Waals surface area contributed by atoms with Crippen LogP contribution >= 0.6 is 11.6 Å². The highest BCUT2D eigenvalue weighted by Crippen LogP contribution is 2.36. The summed E-state index contributed by atoms with van der Waals surface area (Å²) in [5.74, 6) is 2.46. The van der Waals surface area contributed by atoms with Crippen LogP contribution in [-0.4, -0.2) is 74.5 Å². The molecule has 0 atom stereocenters. The Balaban J connectivity index is 1.45. The summed E-state index contributed by atoms with van der Waals surface area (Å²) >= 11 is 6.64. The summed E-state index contributed by atoms with van der Waals surface area (Å²) in [6.45, 7) is 8.02. The third-order valence-corrected chi connectivity index (χ3v) is 6.19. The molecule has 0 amide bonds. The van der Waals surface area contributed by atoms with Crippen LogP contribution in [0.15, 0.2) is 30.3 Å². The number of aliphatic hydroxyl groups is 1. The number of aryl methyl sites for hydroxylation is 2. The fourth-order valence-electron chi connectivity index (χ4n) is 4.11. The molecule has 0 unspecified atom stereocenters. The van der Waals surface area contributed by atoms with E-state index in [-0.39, 0.29) is 12.6 Å². The van der Waals surface area contributed by atoms with Crippen LogP contribution in [-0.2, 0) is 0 Å². The molecule has 1 aromatic carbocycles. The summed E-state index contributed by atoms with van der Waals surface area (Å²) in [5.41, 5.74) is 2.91. The molecule has 1 saturated heterocycles. The lowest BCUT2D eigenvalue weighted by molar-refractivity contribution is 0.188. The standard InChI is InChI=1S/C23H27ClN8O2/c1-14-11-16-17(25-14)3-4-18(22(16)24)34-23-27-19(26-20-12-15(2)29-30-20)13-21(28-23)32-7-5-31(6-8-32)9-10-33/h3-4,11-13,25,33H,5-10H2,1-2H3,(H2,26,27,28,29,30). The first kappa shape index (κ1) is 22.5. The zero-order chi connectivity index (χ0) is 23.7. The van der Waals surface area contributed by atoms with E-state index in [1.807, 2.05) is 44.2 Å². The van der Waals surface area contributed by atoms with Gasteiger partial charge in [0.2, 0.25) is 0 Å². The first-order chi connectivity index (χ1) is 16.5. The molecule has 1 aliphatic heterocycles. The summed E-state index contributed by atoms with van der Waals surface area (Å²) in [7, 11) is 0. The van der Waals surface area contributed by atoms with E-state index < -0.39 is 0 Å². The molecule has 34 heavy (non-hydrogen) atoms. The van der Waals surface area contributed by atoms with Crippen LogP contribution in [0.1, 0.15) is 11.4 Å². The molecule has 178 valence electrons. The van der Waals surface area contributed by atoms with E-state index in [4.69, 9.17) is 16.3 Å². The molecule has 0 saturated carbocycles. The van der Waals surface area contributed by atoms with E-state index in [1.54, 1.807) is 0 Å². The Hall–Kier alpha value is -3.34. The normalized spacial score (nSPS) is 14.6. The fourth-order valence-corrected chi connectivity index (χ4v) is 4.36. The molecule has 0 radical (unpaired) electrons. The number of aromatic amines is 2. The van der Waals surface area contributed by atoms with Gasteiger partial charge in [-0.3, -0.25) is 10.00 Å². The van der Waals surface area contributed by atoms with Crippen LogP contribution in [0.5, 0.6) is 11.8 Å². The van der Waals surface area contributed by atoms with E-state index in [0.29, 0.717) is 29.0 Å². The smallest absolute Gasteiger partial charge is 0.325 e. The van der Waals surface area contributed by atoms with Gasteiger partial charge in [0.25, 0.3) is 0 Å². The van der Waals surface area contributed by atoms with Crippen molar-refractivity contribution in [3.63, 3.8) is 0 Å². The van der Waals surface area contributed by atoms with Crippen LogP contribution in [0.4, 0.5) is 17.5 Å². The van der Waals surface area contributed by atoms with Gasteiger partial charge < -0.3 is 25.0 Å². The van der Waals surface area contributed by atoms with Crippen LogP contribution < -0.4 is 15.0 Å². The van der Waals surface area contributed by atoms with Gasteiger partial charge in [-0.05, 0) is 32.0 Å². The Morgan fingerprint density at radius 2 is 1.88 bits per heavy atom. The maximum atomic E-state index is 9.22. The molecule has 4 aromatic rings. The van der Waals surface area contributed by atoms with Crippen LogP contribution in [0.3, 0.4) is 0 Å². The molecule has 5 rings (SSSR count). The molecule has 4 N–H and O–H groups in total. The molecule has 3 aromatic heterocycles. The molecule has 10 nitrogen and oxygen atoms in total. The van der Waals surface area contributed by atoms with Crippen molar-refractivity contribution < 1.29 is 9.84 Å². The monoisotopic (exact) mass is 482 g/mol. The minimum Gasteiger partial charge on any atom is -0.423 e. The van der Waals surface area contributed by atoms with Crippen molar-refractivity contribution in [1.29, 1.82) is 0 Å². The number of nitrogens with zero attached hydrogens (tertiary/aromatic N) is 5. The molecule has 11 heteroatoms. The number of ether oxygens (including phenoxy) is 1. The maximum Gasteiger partial charge on any atom is 0.325 e. The second-order valence-electron chi connectivity index (χ2n) is 8.40. The zero-order valence-corrected chi connectivity index (χ0v) is 19.9. The third kappa shape index (κ3) is 4.79. The van der Waals surface area contributed by atoms with Gasteiger partial charge in [-0.2, -0.15) is 15.1 Å². The van der Waals surface area contributed by atoms with Crippen molar-refractivity contribution >= 4 is 40.0 Å². The second kappa shape index (κ2) is 9.49. The Bertz CT molecular complexity index is 1300. The van der Waals surface area contributed by atoms with Crippen molar-refractivity contribution in [3.05, 3.63) is 46.7 Å². The molecule has 0 aliphatic carbocycles. The van der Waals surface area contributed by atoms with Crippen molar-refractivity contribution in [1.82, 2.24) is 30.0 Å². The van der Waals surface area contributed by atoms with Gasteiger partial charge in [0.05, 0.1) is 11.6 Å². The summed E-state index contributed by atoms with van der Waals surface area (Å²) in [4.78, 5) is 16.9. The molecule has 1 fully saturated rings. The number of aliphatic hydroxyl groups excluding tert-OH is 1. The predicted octanol–water partition coefficient (Wildman–Crippen LogP) is 3.60. The van der Waals surface area contributed by atoms with Crippen molar-refractivity contribution in [3.8, 4) is 11.8 Å². The number of aromatic nitrogens is 5. The number of anilines is 3. The van der Waals surface area contributed by atoms with Crippen molar-refractivity contribution in [2.45, 2.75) is 13.8 Å². The molecular formula is C23H27ClN8O2. The number of rotatable bonds is 7. The summed E-state index contributed by atoms with van der Waals surface area (Å²) < 4.78 is 6.09. The van der Waals surface area contributed by atoms with E-state index in [0.717, 1.165) is 54.3 Å². The molecule has 4 heterocycles. The van der Waals surface area contributed by atoms with Crippen molar-refractivity contribution in [2.24, 2.45) is 0 Å². The first-order valence-electron chi connectivity index (χ1n) is 11.2. The van der Waals surface area contributed by atoms with Crippen LogP contribution in [0.2, 0.25) is 5.02 Å². The Morgan fingerprint density at radius 1 is 1.06 bits per heavy atom. The predicted molar refractivity (Wildman–Crippen MR) is 132 cm³/mol. The highest BCUT2D eigenvalue weighted by atomic mass is 35.5. The van der Waals surface area contributed by atoms with Gasteiger partial charge >= 0.3 is 6.01 Å². The van der Waals surface area contributed by atoms with Gasteiger partial charge in [-0.1, -0.05) is 11.6 Å². The SMILES string of the molecule is Cc1cc(Nc2cc(N3CCN(CCO)CC3)nc(Oc3ccc4[nH]c(C)cc4c3Cl)n2)n[nH]1. The Labute approximate surface area is 201 Å². The molecule has 1 aliphatic rings. The lowest BCUT2D eigenvalue weighted by Gasteiger charge is -2.35. The van der Waals surface area contributed by atoms with Crippen LogP contribution in [0.25, 0.3) is 10.9 Å². The lowest BCUT2D eigenvalue weighted by atomic mass is 10.2. The van der Waals surface area contributed by atoms with E-state index in [9.17, 15) is 5.11 Å². The number of H-pyrrole nitrogens is 2. The largest absolute Gasteiger partial charge is 0.423 e. The summed E-state index contributed by atoms with van der Waals surface area (Å²) in [5, 5.41) is 21.0. The van der Waals surface area contributed by atoms with E-state index in [2.05, 4.69) is 40.3 Å².